The van der Waals surface area contributed by atoms with Gasteiger partial charge in [0.15, 0.2) is 5.96 Å². The molecule has 1 aromatic carbocycles. The third-order valence-electron chi connectivity index (χ3n) is 6.01. The zero-order chi connectivity index (χ0) is 19.9. The van der Waals surface area contributed by atoms with Gasteiger partial charge in [-0.1, -0.05) is 13.0 Å². The minimum absolute atomic E-state index is 0. The predicted molar refractivity (Wildman–Crippen MR) is 126 cm³/mol. The standard InChI is InChI=1S/C21H33F2N5.HI/c1-3-27-12-8-16(9-13-27)7-11-25-21(24-2)26-17-10-14-28(15-17)20-18(22)5-4-6-19(20)23;/h4-6,16-17H,3,7-15H2,1-2H3,(H2,24,25,26);1H. The second-order valence-electron chi connectivity index (χ2n) is 7.81. The van der Waals surface area contributed by atoms with Gasteiger partial charge in [0.25, 0.3) is 0 Å². The van der Waals surface area contributed by atoms with E-state index in [1.54, 1.807) is 11.9 Å². The smallest absolute Gasteiger partial charge is 0.191 e. The first-order valence-corrected chi connectivity index (χ1v) is 10.5. The zero-order valence-electron chi connectivity index (χ0n) is 17.5. The average Bonchev–Trinajstić information content (AvgIpc) is 3.15. The van der Waals surface area contributed by atoms with Gasteiger partial charge in [-0.05, 0) is 63.4 Å². The van der Waals surface area contributed by atoms with Crippen LogP contribution >= 0.6 is 24.0 Å². The normalized spacial score (nSPS) is 21.2. The lowest BCUT2D eigenvalue weighted by Crippen LogP contribution is -2.45. The second-order valence-corrected chi connectivity index (χ2v) is 7.81. The number of nitrogens with zero attached hydrogens (tertiary/aromatic N) is 3. The van der Waals surface area contributed by atoms with Crippen LogP contribution in [0.25, 0.3) is 0 Å². The van der Waals surface area contributed by atoms with Crippen molar-refractivity contribution < 1.29 is 8.78 Å². The van der Waals surface area contributed by atoms with Gasteiger partial charge in [0.05, 0.1) is 0 Å². The van der Waals surface area contributed by atoms with E-state index in [9.17, 15) is 8.78 Å². The van der Waals surface area contributed by atoms with Crippen LogP contribution in [-0.2, 0) is 0 Å². The van der Waals surface area contributed by atoms with E-state index in [-0.39, 0.29) is 35.7 Å². The van der Waals surface area contributed by atoms with Crippen molar-refractivity contribution in [3.05, 3.63) is 29.8 Å². The third-order valence-corrected chi connectivity index (χ3v) is 6.01. The molecule has 1 atom stereocenters. The number of likely N-dealkylation sites (tertiary alicyclic amines) is 1. The molecule has 0 spiro atoms. The van der Waals surface area contributed by atoms with E-state index in [1.165, 1.54) is 44.1 Å². The minimum Gasteiger partial charge on any atom is -0.365 e. The number of anilines is 1. The summed E-state index contributed by atoms with van der Waals surface area (Å²) in [5.41, 5.74) is 0.0770. The highest BCUT2D eigenvalue weighted by molar-refractivity contribution is 14.0. The van der Waals surface area contributed by atoms with Crippen molar-refractivity contribution >= 4 is 35.6 Å². The summed E-state index contributed by atoms with van der Waals surface area (Å²) in [6.07, 6.45) is 4.51. The highest BCUT2D eigenvalue weighted by atomic mass is 127. The maximum absolute atomic E-state index is 14.0. The lowest BCUT2D eigenvalue weighted by Gasteiger charge is -2.31. The number of piperidine rings is 1. The Morgan fingerprint density at radius 3 is 2.45 bits per heavy atom. The molecular formula is C21H34F2IN5. The Hall–Kier alpha value is -1.16. The molecular weight excluding hydrogens is 487 g/mol. The summed E-state index contributed by atoms with van der Waals surface area (Å²) in [6, 6.07) is 4.14. The van der Waals surface area contributed by atoms with Gasteiger partial charge in [-0.25, -0.2) is 8.78 Å². The fourth-order valence-electron chi connectivity index (χ4n) is 4.25. The summed E-state index contributed by atoms with van der Waals surface area (Å²) in [5.74, 6) is 0.542. The first kappa shape index (κ1) is 24.1. The Kier molecular flexibility index (Phi) is 9.88. The molecule has 2 N–H and O–H groups in total. The number of para-hydroxylation sites is 1. The summed E-state index contributed by atoms with van der Waals surface area (Å²) in [7, 11) is 1.76. The second kappa shape index (κ2) is 11.9. The molecule has 0 saturated carbocycles. The summed E-state index contributed by atoms with van der Waals surface area (Å²) in [4.78, 5) is 8.60. The van der Waals surface area contributed by atoms with Gasteiger partial charge < -0.3 is 20.4 Å². The molecule has 29 heavy (non-hydrogen) atoms. The number of aliphatic imine (C=N–C) groups is 1. The number of hydrogen-bond acceptors (Lipinski definition) is 3. The Morgan fingerprint density at radius 2 is 1.83 bits per heavy atom. The van der Waals surface area contributed by atoms with E-state index in [2.05, 4.69) is 27.4 Å². The van der Waals surface area contributed by atoms with Gasteiger partial charge in [0.1, 0.15) is 17.3 Å². The first-order valence-electron chi connectivity index (χ1n) is 10.5. The Morgan fingerprint density at radius 1 is 1.14 bits per heavy atom. The highest BCUT2D eigenvalue weighted by Crippen LogP contribution is 2.26. The van der Waals surface area contributed by atoms with Gasteiger partial charge in [-0.2, -0.15) is 0 Å². The van der Waals surface area contributed by atoms with Crippen LogP contribution in [0.5, 0.6) is 0 Å². The van der Waals surface area contributed by atoms with Crippen LogP contribution in [0.1, 0.15) is 32.6 Å². The highest BCUT2D eigenvalue weighted by Gasteiger charge is 2.27. The SMILES string of the molecule is CCN1CCC(CCNC(=NC)NC2CCN(c3c(F)cccc3F)C2)CC1.I. The molecule has 0 radical (unpaired) electrons. The lowest BCUT2D eigenvalue weighted by molar-refractivity contribution is 0.187. The summed E-state index contributed by atoms with van der Waals surface area (Å²) in [6.45, 7) is 7.88. The first-order chi connectivity index (χ1) is 13.6. The van der Waals surface area contributed by atoms with Crippen LogP contribution in [0.4, 0.5) is 14.5 Å². The molecule has 164 valence electrons. The number of rotatable bonds is 6. The molecule has 8 heteroatoms. The van der Waals surface area contributed by atoms with Gasteiger partial charge in [-0.15, -0.1) is 24.0 Å². The maximum atomic E-state index is 14.0. The quantitative estimate of drug-likeness (QED) is 0.342. The number of guanidine groups is 1. The molecule has 0 aromatic heterocycles. The monoisotopic (exact) mass is 521 g/mol. The van der Waals surface area contributed by atoms with Crippen molar-refractivity contribution in [3.63, 3.8) is 0 Å². The third kappa shape index (κ3) is 6.67. The number of nitrogens with one attached hydrogen (secondary N) is 2. The molecule has 2 heterocycles. The van der Waals surface area contributed by atoms with E-state index in [4.69, 9.17) is 0 Å². The average molecular weight is 521 g/mol. The van der Waals surface area contributed by atoms with Crippen LogP contribution in [0.2, 0.25) is 0 Å². The van der Waals surface area contributed by atoms with Crippen LogP contribution in [0, 0.1) is 17.6 Å². The van der Waals surface area contributed by atoms with Crippen LogP contribution in [-0.4, -0.2) is 63.2 Å². The lowest BCUT2D eigenvalue weighted by atomic mass is 9.93. The fourth-order valence-corrected chi connectivity index (χ4v) is 4.25. The van der Waals surface area contributed by atoms with Crippen molar-refractivity contribution in [1.29, 1.82) is 0 Å². The summed E-state index contributed by atoms with van der Waals surface area (Å²) < 4.78 is 28.0. The molecule has 5 nitrogen and oxygen atoms in total. The molecule has 0 amide bonds. The molecule has 3 rings (SSSR count). The van der Waals surface area contributed by atoms with Crippen LogP contribution in [0.3, 0.4) is 0 Å². The molecule has 2 saturated heterocycles. The number of hydrogen-bond donors (Lipinski definition) is 2. The van der Waals surface area contributed by atoms with Gasteiger partial charge in [0, 0.05) is 32.7 Å². The van der Waals surface area contributed by atoms with E-state index in [0.29, 0.717) is 13.1 Å². The van der Waals surface area contributed by atoms with Crippen molar-refractivity contribution in [2.45, 2.75) is 38.6 Å². The largest absolute Gasteiger partial charge is 0.365 e. The molecule has 2 fully saturated rings. The molecule has 0 aliphatic carbocycles. The molecule has 2 aliphatic rings. The summed E-state index contributed by atoms with van der Waals surface area (Å²) in [5, 5.41) is 6.81. The van der Waals surface area contributed by atoms with Crippen molar-refractivity contribution in [3.8, 4) is 0 Å². The van der Waals surface area contributed by atoms with Crippen molar-refractivity contribution in [1.82, 2.24) is 15.5 Å². The van der Waals surface area contributed by atoms with Gasteiger partial charge in [0.2, 0.25) is 0 Å². The zero-order valence-corrected chi connectivity index (χ0v) is 19.8. The maximum Gasteiger partial charge on any atom is 0.191 e. The van der Waals surface area contributed by atoms with E-state index >= 15 is 0 Å². The Balaban J connectivity index is 0.00000300. The number of halogens is 3. The fraction of sp³-hybridized carbons (Fsp3) is 0.667. The molecule has 1 unspecified atom stereocenters. The minimum atomic E-state index is -0.503. The molecule has 2 aliphatic heterocycles. The molecule has 0 bridgehead atoms. The molecule has 1 aromatic rings. The Labute approximate surface area is 190 Å². The predicted octanol–water partition coefficient (Wildman–Crippen LogP) is 3.45. The van der Waals surface area contributed by atoms with Crippen molar-refractivity contribution in [2.75, 3.05) is 51.2 Å². The van der Waals surface area contributed by atoms with Gasteiger partial charge >= 0.3 is 0 Å². The van der Waals surface area contributed by atoms with Crippen molar-refractivity contribution in [2.24, 2.45) is 10.9 Å². The van der Waals surface area contributed by atoms with E-state index in [1.807, 2.05) is 0 Å². The van der Waals surface area contributed by atoms with E-state index < -0.39 is 11.6 Å². The van der Waals surface area contributed by atoms with Crippen LogP contribution < -0.4 is 15.5 Å². The Bertz CT molecular complexity index is 644. The summed E-state index contributed by atoms with van der Waals surface area (Å²) >= 11 is 0. The van der Waals surface area contributed by atoms with Gasteiger partial charge in [-0.3, -0.25) is 4.99 Å². The number of benzene rings is 1. The van der Waals surface area contributed by atoms with E-state index in [0.717, 1.165) is 37.8 Å². The topological polar surface area (TPSA) is 42.9 Å². The van der Waals surface area contributed by atoms with Crippen LogP contribution in [0.15, 0.2) is 23.2 Å².